The van der Waals surface area contributed by atoms with Gasteiger partial charge in [-0.3, -0.25) is 14.6 Å². The number of aromatic amines is 1. The van der Waals surface area contributed by atoms with E-state index in [2.05, 4.69) is 21.4 Å². The van der Waals surface area contributed by atoms with Crippen LogP contribution >= 0.6 is 0 Å². The highest BCUT2D eigenvalue weighted by Crippen LogP contribution is 2.38. The molecular formula is C22H22N4O4. The van der Waals surface area contributed by atoms with Gasteiger partial charge in [0.15, 0.2) is 11.5 Å². The van der Waals surface area contributed by atoms with Gasteiger partial charge in [0.25, 0.3) is 5.56 Å². The van der Waals surface area contributed by atoms with Crippen molar-refractivity contribution in [3.05, 3.63) is 75.1 Å². The summed E-state index contributed by atoms with van der Waals surface area (Å²) in [4.78, 5) is 31.2. The normalized spacial score (nSPS) is 15.3. The molecule has 2 heterocycles. The number of aryl methyl sites for hydroxylation is 1. The predicted molar refractivity (Wildman–Crippen MR) is 113 cm³/mol. The second-order valence-electron chi connectivity index (χ2n) is 7.21. The summed E-state index contributed by atoms with van der Waals surface area (Å²) in [5, 5.41) is 2.62. The van der Waals surface area contributed by atoms with Crippen LogP contribution in [-0.2, 0) is 11.4 Å². The number of nitrogens with one attached hydrogen (secondary N) is 2. The van der Waals surface area contributed by atoms with Crippen LogP contribution in [0.1, 0.15) is 34.6 Å². The Morgan fingerprint density at radius 3 is 2.77 bits per heavy atom. The van der Waals surface area contributed by atoms with Gasteiger partial charge in [-0.15, -0.1) is 0 Å². The highest BCUT2D eigenvalue weighted by Gasteiger charge is 2.31. The van der Waals surface area contributed by atoms with Gasteiger partial charge in [0, 0.05) is 12.3 Å². The number of nitrogens with two attached hydrogens (primary N) is 1. The third-order valence-corrected chi connectivity index (χ3v) is 5.04. The number of hydrogen-bond donors (Lipinski definition) is 3. The van der Waals surface area contributed by atoms with Gasteiger partial charge >= 0.3 is 0 Å². The number of carbonyl (C=O) groups is 1. The Morgan fingerprint density at radius 1 is 1.17 bits per heavy atom. The molecule has 4 N–H and O–H groups in total. The first-order valence-corrected chi connectivity index (χ1v) is 9.50. The van der Waals surface area contributed by atoms with Crippen molar-refractivity contribution < 1.29 is 14.3 Å². The van der Waals surface area contributed by atoms with Crippen LogP contribution in [0.25, 0.3) is 0 Å². The van der Waals surface area contributed by atoms with E-state index < -0.39 is 5.92 Å². The van der Waals surface area contributed by atoms with Gasteiger partial charge in [-0.2, -0.15) is 4.98 Å². The van der Waals surface area contributed by atoms with E-state index in [0.29, 0.717) is 23.7 Å². The van der Waals surface area contributed by atoms with Gasteiger partial charge < -0.3 is 20.5 Å². The largest absolute Gasteiger partial charge is 0.493 e. The third kappa shape index (κ3) is 3.84. The molecule has 0 radical (unpaired) electrons. The van der Waals surface area contributed by atoms with Crippen molar-refractivity contribution in [2.24, 2.45) is 0 Å². The molecule has 4 rings (SSSR count). The molecule has 0 bridgehead atoms. The van der Waals surface area contributed by atoms with E-state index in [-0.39, 0.29) is 29.7 Å². The maximum absolute atomic E-state index is 12.5. The molecule has 3 aromatic rings. The number of nitrogens with zero attached hydrogens (tertiary/aromatic N) is 1. The highest BCUT2D eigenvalue weighted by molar-refractivity contribution is 5.94. The zero-order valence-electron chi connectivity index (χ0n) is 16.7. The monoisotopic (exact) mass is 406 g/mol. The number of H-pyrrole nitrogens is 1. The molecule has 8 nitrogen and oxygen atoms in total. The molecule has 0 aliphatic carbocycles. The fourth-order valence-electron chi connectivity index (χ4n) is 3.66. The van der Waals surface area contributed by atoms with E-state index in [9.17, 15) is 9.59 Å². The van der Waals surface area contributed by atoms with E-state index in [1.165, 1.54) is 0 Å². The molecule has 1 aliphatic heterocycles. The first kappa shape index (κ1) is 19.5. The van der Waals surface area contributed by atoms with E-state index >= 15 is 0 Å². The zero-order chi connectivity index (χ0) is 21.3. The van der Waals surface area contributed by atoms with E-state index in [4.69, 9.17) is 15.2 Å². The van der Waals surface area contributed by atoms with E-state index in [1.807, 2.05) is 31.2 Å². The molecule has 8 heteroatoms. The number of rotatable bonds is 5. The molecule has 1 aromatic heterocycles. The number of benzene rings is 2. The topological polar surface area (TPSA) is 119 Å². The molecule has 0 saturated carbocycles. The maximum Gasteiger partial charge on any atom is 0.258 e. The number of fused-ring (bicyclic) bond motifs is 1. The van der Waals surface area contributed by atoms with Crippen LogP contribution in [0.4, 0.5) is 11.8 Å². The summed E-state index contributed by atoms with van der Waals surface area (Å²) >= 11 is 0. The van der Waals surface area contributed by atoms with Crippen molar-refractivity contribution in [3.63, 3.8) is 0 Å². The standard InChI is InChI=1S/C22H22N4O4/c1-12-4-3-5-13(8-12)11-30-16-7-6-14(9-17(16)29-2)15-10-18(27)24-20-19(15)21(28)26-22(23)25-20/h3-9,15H,10-11H2,1-2H3,(H4,23,24,25,26,27,28)/t15-/m0/s1. The average molecular weight is 406 g/mol. The molecule has 1 aliphatic rings. The Morgan fingerprint density at radius 2 is 2.00 bits per heavy atom. The van der Waals surface area contributed by atoms with Gasteiger partial charge in [-0.1, -0.05) is 35.9 Å². The molecule has 1 atom stereocenters. The summed E-state index contributed by atoms with van der Waals surface area (Å²) in [5.74, 6) is 0.544. The summed E-state index contributed by atoms with van der Waals surface area (Å²) in [7, 11) is 1.55. The van der Waals surface area contributed by atoms with Crippen LogP contribution in [0.3, 0.4) is 0 Å². The van der Waals surface area contributed by atoms with E-state index in [0.717, 1.165) is 16.7 Å². The molecular weight excluding hydrogens is 384 g/mol. The first-order chi connectivity index (χ1) is 14.4. The summed E-state index contributed by atoms with van der Waals surface area (Å²) in [6.45, 7) is 2.43. The SMILES string of the molecule is COc1cc([C@@H]2CC(=O)Nc3nc(N)[nH]c(=O)c32)ccc1OCc1cccc(C)c1. The quantitative estimate of drug-likeness (QED) is 0.599. The molecule has 0 saturated heterocycles. The van der Waals surface area contributed by atoms with Crippen molar-refractivity contribution in [1.29, 1.82) is 0 Å². The number of methoxy groups -OCH3 is 1. The minimum absolute atomic E-state index is 0.0443. The number of amides is 1. The Bertz CT molecular complexity index is 1170. The van der Waals surface area contributed by atoms with Crippen molar-refractivity contribution >= 4 is 17.7 Å². The Kier molecular flexibility index (Phi) is 5.14. The summed E-state index contributed by atoms with van der Waals surface area (Å²) in [5.41, 5.74) is 8.58. The van der Waals surface area contributed by atoms with Crippen LogP contribution in [0.15, 0.2) is 47.3 Å². The molecule has 0 spiro atoms. The molecule has 154 valence electrons. The van der Waals surface area contributed by atoms with Crippen LogP contribution in [0, 0.1) is 6.92 Å². The minimum Gasteiger partial charge on any atom is -0.493 e. The summed E-state index contributed by atoms with van der Waals surface area (Å²) in [6, 6.07) is 13.5. The fourth-order valence-corrected chi connectivity index (χ4v) is 3.66. The number of nitrogen functional groups attached to an aromatic ring is 1. The number of anilines is 2. The highest BCUT2D eigenvalue weighted by atomic mass is 16.5. The Hall–Kier alpha value is -3.81. The molecule has 2 aromatic carbocycles. The van der Waals surface area contributed by atoms with Gasteiger partial charge in [-0.25, -0.2) is 0 Å². The van der Waals surface area contributed by atoms with Crippen LogP contribution in [0.2, 0.25) is 0 Å². The summed E-state index contributed by atoms with van der Waals surface area (Å²) in [6.07, 6.45) is 0.119. The number of ether oxygens (including phenoxy) is 2. The minimum atomic E-state index is -0.467. The lowest BCUT2D eigenvalue weighted by molar-refractivity contribution is -0.116. The third-order valence-electron chi connectivity index (χ3n) is 5.04. The smallest absolute Gasteiger partial charge is 0.258 e. The first-order valence-electron chi connectivity index (χ1n) is 9.50. The van der Waals surface area contributed by atoms with Gasteiger partial charge in [0.2, 0.25) is 11.9 Å². The molecule has 30 heavy (non-hydrogen) atoms. The predicted octanol–water partition coefficient (Wildman–Crippen LogP) is 2.72. The second kappa shape index (κ2) is 7.90. The van der Waals surface area contributed by atoms with Crippen LogP contribution in [-0.4, -0.2) is 23.0 Å². The van der Waals surface area contributed by atoms with Crippen LogP contribution in [0.5, 0.6) is 11.5 Å². The Labute approximate surface area is 173 Å². The number of hydrogen-bond acceptors (Lipinski definition) is 6. The Balaban J connectivity index is 1.65. The van der Waals surface area contributed by atoms with Gasteiger partial charge in [0.1, 0.15) is 12.4 Å². The van der Waals surface area contributed by atoms with Crippen molar-refractivity contribution in [2.75, 3.05) is 18.2 Å². The number of aromatic nitrogens is 2. The lowest BCUT2D eigenvalue weighted by atomic mass is 9.86. The summed E-state index contributed by atoms with van der Waals surface area (Å²) < 4.78 is 11.4. The van der Waals surface area contributed by atoms with Crippen molar-refractivity contribution in [2.45, 2.75) is 25.9 Å². The molecule has 0 unspecified atom stereocenters. The molecule has 1 amide bonds. The van der Waals surface area contributed by atoms with Crippen molar-refractivity contribution in [3.8, 4) is 11.5 Å². The zero-order valence-corrected chi connectivity index (χ0v) is 16.7. The van der Waals surface area contributed by atoms with Crippen molar-refractivity contribution in [1.82, 2.24) is 9.97 Å². The lowest BCUT2D eigenvalue weighted by Gasteiger charge is -2.25. The number of carbonyl (C=O) groups excluding carboxylic acids is 1. The average Bonchev–Trinajstić information content (AvgIpc) is 2.71. The van der Waals surface area contributed by atoms with Gasteiger partial charge in [-0.05, 0) is 30.2 Å². The second-order valence-corrected chi connectivity index (χ2v) is 7.21. The fraction of sp³-hybridized carbons (Fsp3) is 0.227. The van der Waals surface area contributed by atoms with Crippen LogP contribution < -0.4 is 26.1 Å². The van der Waals surface area contributed by atoms with E-state index in [1.54, 1.807) is 19.2 Å². The lowest BCUT2D eigenvalue weighted by Crippen LogP contribution is -2.31. The molecule has 0 fully saturated rings. The maximum atomic E-state index is 12.5. The van der Waals surface area contributed by atoms with Gasteiger partial charge in [0.05, 0.1) is 12.7 Å².